The monoisotopic (exact) mass is 824 g/mol. The maximum Gasteiger partial charge on any atom is 0.156 e. The number of nitrogens with zero attached hydrogens (tertiary/aromatic N) is 8. The Hall–Kier alpha value is -8.36. The first kappa shape index (κ1) is 36.3. The minimum Gasteiger partial charge on any atom is -0.338 e. The van der Waals surface area contributed by atoms with E-state index in [4.69, 9.17) is 15.0 Å². The van der Waals surface area contributed by atoms with Gasteiger partial charge in [0.2, 0.25) is 0 Å². The van der Waals surface area contributed by atoms with Gasteiger partial charge in [0.15, 0.2) is 5.82 Å². The average Bonchev–Trinajstić information content (AvgIpc) is 4.09. The van der Waals surface area contributed by atoms with E-state index in [0.717, 1.165) is 49.9 Å². The SMILES string of the molecule is C=NCC(N=Cc1cncc(-n2c3ccccc3c3ccc4c5ccccc5n(-c5ccccc5)c4c32)n1)N1c2ccccc2C2C=Cc3c(n(-c4ccccc4)c4ccccc34)C21. The Morgan fingerprint density at radius 1 is 0.578 bits per heavy atom. The molecule has 1 aliphatic carbocycles. The molecular formula is C56H40N8. The third-order valence-electron chi connectivity index (χ3n) is 13.3. The van der Waals surface area contributed by atoms with Crippen LogP contribution in [-0.4, -0.2) is 49.3 Å². The molecule has 0 bridgehead atoms. The highest BCUT2D eigenvalue weighted by Gasteiger charge is 2.45. The van der Waals surface area contributed by atoms with Crippen molar-refractivity contribution >= 4 is 79.2 Å². The Balaban J connectivity index is 0.978. The number of rotatable bonds is 8. The summed E-state index contributed by atoms with van der Waals surface area (Å²) in [6, 6.07) is 60.5. The molecule has 0 saturated heterocycles. The lowest BCUT2D eigenvalue weighted by atomic mass is 9.86. The molecule has 13 rings (SSSR count). The van der Waals surface area contributed by atoms with Crippen LogP contribution in [0.15, 0.2) is 198 Å². The maximum absolute atomic E-state index is 5.38. The van der Waals surface area contributed by atoms with Crippen LogP contribution >= 0.6 is 0 Å². The van der Waals surface area contributed by atoms with E-state index in [1.807, 2.05) is 12.4 Å². The molecule has 0 N–H and O–H groups in total. The van der Waals surface area contributed by atoms with Crippen LogP contribution in [0.5, 0.6) is 0 Å². The first-order valence-corrected chi connectivity index (χ1v) is 21.8. The minimum atomic E-state index is -0.380. The topological polar surface area (TPSA) is 68.5 Å². The Morgan fingerprint density at radius 2 is 1.16 bits per heavy atom. The number of aliphatic imine (C=N–C) groups is 2. The van der Waals surface area contributed by atoms with Crippen molar-refractivity contribution in [3.05, 3.63) is 211 Å². The molecule has 0 radical (unpaired) electrons. The van der Waals surface area contributed by atoms with Crippen LogP contribution in [0, 0.1) is 0 Å². The van der Waals surface area contributed by atoms with Gasteiger partial charge in [0.1, 0.15) is 11.9 Å². The van der Waals surface area contributed by atoms with Gasteiger partial charge in [-0.3, -0.25) is 19.5 Å². The third kappa shape index (κ3) is 5.29. The first-order chi connectivity index (χ1) is 31.8. The lowest BCUT2D eigenvalue weighted by molar-refractivity contribution is 0.517. The smallest absolute Gasteiger partial charge is 0.156 e. The van der Waals surface area contributed by atoms with Gasteiger partial charge in [0.25, 0.3) is 0 Å². The Morgan fingerprint density at radius 3 is 1.86 bits per heavy atom. The fraction of sp³-hybridized carbons (Fsp3) is 0.0714. The van der Waals surface area contributed by atoms with E-state index in [0.29, 0.717) is 18.1 Å². The van der Waals surface area contributed by atoms with Crippen molar-refractivity contribution in [3.63, 3.8) is 0 Å². The minimum absolute atomic E-state index is 0.0530. The lowest BCUT2D eigenvalue weighted by Gasteiger charge is -2.36. The van der Waals surface area contributed by atoms with Gasteiger partial charge >= 0.3 is 0 Å². The quantitative estimate of drug-likeness (QED) is 0.143. The van der Waals surface area contributed by atoms with E-state index in [1.165, 1.54) is 38.5 Å². The number of hydrogen-bond donors (Lipinski definition) is 0. The molecule has 3 atom stereocenters. The molecule has 0 amide bonds. The summed E-state index contributed by atoms with van der Waals surface area (Å²) in [6.45, 7) is 4.39. The van der Waals surface area contributed by atoms with E-state index in [1.54, 1.807) is 6.20 Å². The van der Waals surface area contributed by atoms with Crippen LogP contribution in [0.1, 0.15) is 34.5 Å². The number of anilines is 1. The zero-order valence-corrected chi connectivity index (χ0v) is 34.8. The lowest BCUT2D eigenvalue weighted by Crippen LogP contribution is -2.39. The standard InChI is InChI=1S/C56H40N8/c1-57-34-51(63-49-26-14-10-22-41(49)45-30-28-43-39-20-8-12-24-47(39)61(53(43)55(45)63)37-16-4-2-5-17-37)59-33-36-32-58-35-52(60-36)64-50-27-15-11-23-42(50)46-31-29-44-40-21-9-13-25-48(40)62(54(44)56(46)64)38-18-6-3-7-19-38/h2-33,35,45,51,55H,1,34H2. The Bertz CT molecular complexity index is 3700. The fourth-order valence-corrected chi connectivity index (χ4v) is 10.8. The zero-order chi connectivity index (χ0) is 42.3. The molecule has 5 heterocycles. The van der Waals surface area contributed by atoms with E-state index in [9.17, 15) is 0 Å². The third-order valence-corrected chi connectivity index (χ3v) is 13.3. The first-order valence-electron chi connectivity index (χ1n) is 21.8. The molecule has 4 aromatic heterocycles. The van der Waals surface area contributed by atoms with Crippen molar-refractivity contribution in [2.45, 2.75) is 18.1 Å². The molecule has 1 aliphatic heterocycles. The molecule has 64 heavy (non-hydrogen) atoms. The second kappa shape index (κ2) is 14.4. The zero-order valence-electron chi connectivity index (χ0n) is 34.8. The second-order valence-electron chi connectivity index (χ2n) is 16.6. The summed E-state index contributed by atoms with van der Waals surface area (Å²) in [7, 11) is 0. The predicted octanol–water partition coefficient (Wildman–Crippen LogP) is 12.4. The highest BCUT2D eigenvalue weighted by Crippen LogP contribution is 2.55. The number of hydrogen-bond acceptors (Lipinski definition) is 5. The second-order valence-corrected chi connectivity index (χ2v) is 16.6. The van der Waals surface area contributed by atoms with Crippen LogP contribution in [0.4, 0.5) is 5.69 Å². The number of benzene rings is 7. The van der Waals surface area contributed by atoms with Gasteiger partial charge in [-0.1, -0.05) is 133 Å². The molecule has 0 saturated carbocycles. The number of aromatic nitrogens is 5. The van der Waals surface area contributed by atoms with E-state index in [2.05, 4.69) is 212 Å². The normalized spacial score (nSPS) is 16.0. The molecule has 0 spiro atoms. The largest absolute Gasteiger partial charge is 0.338 e. The van der Waals surface area contributed by atoms with Gasteiger partial charge in [-0.2, -0.15) is 0 Å². The summed E-state index contributed by atoms with van der Waals surface area (Å²) in [5.41, 5.74) is 13.4. The van der Waals surface area contributed by atoms with E-state index < -0.39 is 0 Å². The van der Waals surface area contributed by atoms with Gasteiger partial charge in [0.05, 0.1) is 64.5 Å². The van der Waals surface area contributed by atoms with Crippen LogP contribution in [-0.2, 0) is 0 Å². The molecule has 11 aromatic rings. The number of fused-ring (bicyclic) bond motifs is 14. The van der Waals surface area contributed by atoms with Crippen LogP contribution in [0.25, 0.3) is 77.8 Å². The van der Waals surface area contributed by atoms with E-state index >= 15 is 0 Å². The maximum atomic E-state index is 5.38. The molecular weight excluding hydrogens is 785 g/mol. The van der Waals surface area contributed by atoms with Crippen molar-refractivity contribution in [1.29, 1.82) is 0 Å². The van der Waals surface area contributed by atoms with Crippen LogP contribution in [0.2, 0.25) is 0 Å². The van der Waals surface area contributed by atoms with Gasteiger partial charge in [0, 0.05) is 55.5 Å². The van der Waals surface area contributed by atoms with Crippen molar-refractivity contribution in [3.8, 4) is 17.2 Å². The van der Waals surface area contributed by atoms with Gasteiger partial charge in [-0.15, -0.1) is 0 Å². The van der Waals surface area contributed by atoms with E-state index in [-0.39, 0.29) is 18.1 Å². The molecule has 7 aromatic carbocycles. The molecule has 8 nitrogen and oxygen atoms in total. The van der Waals surface area contributed by atoms with Gasteiger partial charge in [-0.25, -0.2) is 4.98 Å². The number of para-hydroxylation sites is 6. The van der Waals surface area contributed by atoms with Crippen molar-refractivity contribution < 1.29 is 0 Å². The summed E-state index contributed by atoms with van der Waals surface area (Å²) in [6.07, 6.45) is 9.86. The summed E-state index contributed by atoms with van der Waals surface area (Å²) in [4.78, 5) is 22.5. The average molecular weight is 825 g/mol. The summed E-state index contributed by atoms with van der Waals surface area (Å²) >= 11 is 0. The molecule has 8 heteroatoms. The van der Waals surface area contributed by atoms with Gasteiger partial charge < -0.3 is 14.0 Å². The van der Waals surface area contributed by atoms with Crippen molar-refractivity contribution in [2.75, 3.05) is 11.4 Å². The van der Waals surface area contributed by atoms with Crippen LogP contribution in [0.3, 0.4) is 0 Å². The summed E-state index contributed by atoms with van der Waals surface area (Å²) in [5.74, 6) is 0.826. The van der Waals surface area contributed by atoms with Crippen molar-refractivity contribution in [1.82, 2.24) is 23.7 Å². The summed E-state index contributed by atoms with van der Waals surface area (Å²) < 4.78 is 7.11. The highest BCUT2D eigenvalue weighted by molar-refractivity contribution is 6.23. The molecule has 2 aliphatic rings. The predicted molar refractivity (Wildman–Crippen MR) is 263 cm³/mol. The Labute approximate surface area is 369 Å². The highest BCUT2D eigenvalue weighted by atomic mass is 15.3. The summed E-state index contributed by atoms with van der Waals surface area (Å²) in [5, 5.41) is 5.91. The van der Waals surface area contributed by atoms with Crippen molar-refractivity contribution in [2.24, 2.45) is 9.98 Å². The fourth-order valence-electron chi connectivity index (χ4n) is 10.8. The van der Waals surface area contributed by atoms with Crippen LogP contribution < -0.4 is 4.90 Å². The molecule has 304 valence electrons. The van der Waals surface area contributed by atoms with Gasteiger partial charge in [-0.05, 0) is 60.8 Å². The Kier molecular flexibility index (Phi) is 8.15. The molecule has 3 unspecified atom stereocenters. The molecule has 0 fully saturated rings.